The van der Waals surface area contributed by atoms with Crippen LogP contribution >= 0.6 is 0 Å². The van der Waals surface area contributed by atoms with Gasteiger partial charge in [-0.15, -0.1) is 0 Å². The molecule has 0 saturated heterocycles. The number of benzene rings is 1. The van der Waals surface area contributed by atoms with Gasteiger partial charge >= 0.3 is 0 Å². The maximum Gasteiger partial charge on any atom is 0.274 e. The third kappa shape index (κ3) is 2.53. The minimum absolute atomic E-state index is 0.0721. The smallest absolute Gasteiger partial charge is 0.274 e. The Morgan fingerprint density at radius 2 is 2.00 bits per heavy atom. The summed E-state index contributed by atoms with van der Waals surface area (Å²) in [5, 5.41) is 2.79. The van der Waals surface area contributed by atoms with Crippen LogP contribution < -0.4 is 5.32 Å². The van der Waals surface area contributed by atoms with E-state index in [0.29, 0.717) is 11.5 Å². The van der Waals surface area contributed by atoms with Crippen molar-refractivity contribution in [1.82, 2.24) is 10.3 Å². The van der Waals surface area contributed by atoms with E-state index in [0.717, 1.165) is 5.56 Å². The fourth-order valence-corrected chi connectivity index (χ4v) is 1.53. The maximum atomic E-state index is 11.9. The van der Waals surface area contributed by atoms with Gasteiger partial charge in [0.15, 0.2) is 17.8 Å². The quantitative estimate of drug-likeness (QED) is 0.881. The minimum atomic E-state index is -0.215. The Bertz CT molecular complexity index is 503. The number of hydrogen-bond acceptors (Lipinski definition) is 3. The number of carbonyl (C=O) groups excluding carboxylic acids is 1. The van der Waals surface area contributed by atoms with E-state index >= 15 is 0 Å². The molecule has 1 amide bonds. The van der Waals surface area contributed by atoms with Gasteiger partial charge in [-0.1, -0.05) is 30.3 Å². The van der Waals surface area contributed by atoms with Gasteiger partial charge in [0, 0.05) is 11.6 Å². The zero-order valence-corrected chi connectivity index (χ0v) is 9.81. The molecule has 0 aliphatic carbocycles. The SMILES string of the molecule is CC(C)NC(=O)c1ncoc1-c1ccccc1. The van der Waals surface area contributed by atoms with Gasteiger partial charge in [0.25, 0.3) is 5.91 Å². The van der Waals surface area contributed by atoms with E-state index in [1.807, 2.05) is 44.2 Å². The van der Waals surface area contributed by atoms with Crippen LogP contribution in [0.1, 0.15) is 24.3 Å². The normalized spacial score (nSPS) is 10.5. The number of amides is 1. The summed E-state index contributed by atoms with van der Waals surface area (Å²) in [4.78, 5) is 15.8. The summed E-state index contributed by atoms with van der Waals surface area (Å²) < 4.78 is 5.28. The Kier molecular flexibility index (Phi) is 3.23. The third-order valence-electron chi connectivity index (χ3n) is 2.24. The van der Waals surface area contributed by atoms with E-state index < -0.39 is 0 Å². The number of carbonyl (C=O) groups is 1. The molecule has 1 heterocycles. The van der Waals surface area contributed by atoms with Crippen LogP contribution in [0.15, 0.2) is 41.1 Å². The van der Waals surface area contributed by atoms with Crippen molar-refractivity contribution in [3.63, 3.8) is 0 Å². The zero-order chi connectivity index (χ0) is 12.3. The molecule has 0 spiro atoms. The molecule has 4 heteroatoms. The molecule has 0 aliphatic rings. The lowest BCUT2D eigenvalue weighted by Crippen LogP contribution is -2.30. The molecule has 0 saturated carbocycles. The van der Waals surface area contributed by atoms with Gasteiger partial charge in [-0.2, -0.15) is 0 Å². The summed E-state index contributed by atoms with van der Waals surface area (Å²) in [7, 11) is 0. The van der Waals surface area contributed by atoms with Crippen molar-refractivity contribution in [2.24, 2.45) is 0 Å². The molecule has 1 aromatic heterocycles. The van der Waals surface area contributed by atoms with Gasteiger partial charge in [-0.25, -0.2) is 4.98 Å². The number of nitrogens with one attached hydrogen (secondary N) is 1. The highest BCUT2D eigenvalue weighted by Gasteiger charge is 2.18. The van der Waals surface area contributed by atoms with Crippen molar-refractivity contribution in [1.29, 1.82) is 0 Å². The lowest BCUT2D eigenvalue weighted by molar-refractivity contribution is 0.0939. The number of oxazole rings is 1. The van der Waals surface area contributed by atoms with E-state index in [4.69, 9.17) is 4.42 Å². The molecule has 4 nitrogen and oxygen atoms in total. The van der Waals surface area contributed by atoms with E-state index in [1.54, 1.807) is 0 Å². The number of hydrogen-bond donors (Lipinski definition) is 1. The average molecular weight is 230 g/mol. The van der Waals surface area contributed by atoms with Gasteiger partial charge in [0.2, 0.25) is 0 Å². The second-order valence-electron chi connectivity index (χ2n) is 4.02. The Labute approximate surface area is 99.7 Å². The molecule has 1 N–H and O–H groups in total. The fraction of sp³-hybridized carbons (Fsp3) is 0.231. The van der Waals surface area contributed by atoms with Crippen molar-refractivity contribution in [2.75, 3.05) is 0 Å². The maximum absolute atomic E-state index is 11.9. The predicted octanol–water partition coefficient (Wildman–Crippen LogP) is 2.48. The molecular weight excluding hydrogens is 216 g/mol. The average Bonchev–Trinajstić information content (AvgIpc) is 2.78. The lowest BCUT2D eigenvalue weighted by Gasteiger charge is -2.07. The lowest BCUT2D eigenvalue weighted by atomic mass is 10.1. The van der Waals surface area contributed by atoms with E-state index in [2.05, 4.69) is 10.3 Å². The number of aromatic nitrogens is 1. The second-order valence-corrected chi connectivity index (χ2v) is 4.02. The molecule has 1 aromatic carbocycles. The third-order valence-corrected chi connectivity index (χ3v) is 2.24. The molecule has 0 radical (unpaired) electrons. The Balaban J connectivity index is 2.32. The predicted molar refractivity (Wildman–Crippen MR) is 64.5 cm³/mol. The van der Waals surface area contributed by atoms with E-state index in [9.17, 15) is 4.79 Å². The highest BCUT2D eigenvalue weighted by molar-refractivity contribution is 5.97. The Hall–Kier alpha value is -2.10. The van der Waals surface area contributed by atoms with Crippen molar-refractivity contribution >= 4 is 5.91 Å². The molecule has 0 atom stereocenters. The van der Waals surface area contributed by atoms with Crippen LogP contribution in [0.2, 0.25) is 0 Å². The summed E-state index contributed by atoms with van der Waals surface area (Å²) in [6.07, 6.45) is 1.29. The van der Waals surface area contributed by atoms with Crippen molar-refractivity contribution in [3.8, 4) is 11.3 Å². The molecule has 0 bridgehead atoms. The second kappa shape index (κ2) is 4.82. The highest BCUT2D eigenvalue weighted by atomic mass is 16.3. The molecule has 0 unspecified atom stereocenters. The standard InChI is InChI=1S/C13H14N2O2/c1-9(2)15-13(16)11-12(17-8-14-11)10-6-4-3-5-7-10/h3-9H,1-2H3,(H,15,16). The first-order valence-electron chi connectivity index (χ1n) is 5.48. The highest BCUT2D eigenvalue weighted by Crippen LogP contribution is 2.22. The summed E-state index contributed by atoms with van der Waals surface area (Å²) >= 11 is 0. The van der Waals surface area contributed by atoms with Gasteiger partial charge in [0.05, 0.1) is 0 Å². The Morgan fingerprint density at radius 3 is 2.65 bits per heavy atom. The van der Waals surface area contributed by atoms with Crippen molar-refractivity contribution in [3.05, 3.63) is 42.4 Å². The van der Waals surface area contributed by atoms with Gasteiger partial charge in [-0.05, 0) is 13.8 Å². The van der Waals surface area contributed by atoms with Gasteiger partial charge in [-0.3, -0.25) is 4.79 Å². The van der Waals surface area contributed by atoms with Crippen LogP contribution in [0.3, 0.4) is 0 Å². The molecule has 2 aromatic rings. The summed E-state index contributed by atoms with van der Waals surface area (Å²) in [6, 6.07) is 9.53. The van der Waals surface area contributed by atoms with E-state index in [1.165, 1.54) is 6.39 Å². The van der Waals surface area contributed by atoms with Gasteiger partial charge < -0.3 is 9.73 Å². The molecule has 2 rings (SSSR count). The first-order chi connectivity index (χ1) is 8.18. The largest absolute Gasteiger partial charge is 0.443 e. The van der Waals surface area contributed by atoms with Crippen LogP contribution in [0, 0.1) is 0 Å². The van der Waals surface area contributed by atoms with Crippen LogP contribution in [-0.2, 0) is 0 Å². The monoisotopic (exact) mass is 230 g/mol. The molecular formula is C13H14N2O2. The van der Waals surface area contributed by atoms with Crippen molar-refractivity contribution in [2.45, 2.75) is 19.9 Å². The van der Waals surface area contributed by atoms with Crippen molar-refractivity contribution < 1.29 is 9.21 Å². The first kappa shape index (κ1) is 11.4. The molecule has 0 fully saturated rings. The summed E-state index contributed by atoms with van der Waals surface area (Å²) in [5.41, 5.74) is 1.17. The van der Waals surface area contributed by atoms with Gasteiger partial charge in [0.1, 0.15) is 0 Å². The number of rotatable bonds is 3. The minimum Gasteiger partial charge on any atom is -0.443 e. The summed E-state index contributed by atoms with van der Waals surface area (Å²) in [6.45, 7) is 3.81. The van der Waals surface area contributed by atoms with Crippen LogP contribution in [0.4, 0.5) is 0 Å². The summed E-state index contributed by atoms with van der Waals surface area (Å²) in [5.74, 6) is 0.288. The topological polar surface area (TPSA) is 55.1 Å². The van der Waals surface area contributed by atoms with E-state index in [-0.39, 0.29) is 11.9 Å². The first-order valence-corrected chi connectivity index (χ1v) is 5.48. The zero-order valence-electron chi connectivity index (χ0n) is 9.81. The van der Waals surface area contributed by atoms with Crippen LogP contribution in [0.5, 0.6) is 0 Å². The number of nitrogens with zero attached hydrogens (tertiary/aromatic N) is 1. The molecule has 17 heavy (non-hydrogen) atoms. The molecule has 88 valence electrons. The molecule has 0 aliphatic heterocycles. The van der Waals surface area contributed by atoms with Crippen LogP contribution in [0.25, 0.3) is 11.3 Å². The Morgan fingerprint density at radius 1 is 1.29 bits per heavy atom. The van der Waals surface area contributed by atoms with Crippen LogP contribution in [-0.4, -0.2) is 16.9 Å². The fourth-order valence-electron chi connectivity index (χ4n) is 1.53.